The lowest BCUT2D eigenvalue weighted by molar-refractivity contribution is -0.115. The molecule has 2 rings (SSSR count). The average molecular weight is 348 g/mol. The first-order valence-electron chi connectivity index (χ1n) is 7.53. The number of aryl methyl sites for hydroxylation is 1. The van der Waals surface area contributed by atoms with Crippen molar-refractivity contribution in [2.75, 3.05) is 6.61 Å². The van der Waals surface area contributed by atoms with Crippen LogP contribution in [0.2, 0.25) is 0 Å². The van der Waals surface area contributed by atoms with Gasteiger partial charge < -0.3 is 20.4 Å². The van der Waals surface area contributed by atoms with E-state index >= 15 is 0 Å². The summed E-state index contributed by atoms with van der Waals surface area (Å²) < 4.78 is 0. The number of carbonyl (C=O) groups excluding carboxylic acids is 1. The summed E-state index contributed by atoms with van der Waals surface area (Å²) in [5.41, 5.74) is 4.53. The Morgan fingerprint density at radius 1 is 1.28 bits per heavy atom. The molecule has 134 valence electrons. The molecule has 0 radical (unpaired) electrons. The van der Waals surface area contributed by atoms with Crippen LogP contribution in [0.15, 0.2) is 40.1 Å². The molecule has 1 aliphatic heterocycles. The Hall–Kier alpha value is -2.59. The number of benzene rings is 1. The van der Waals surface area contributed by atoms with E-state index in [4.69, 9.17) is 5.11 Å². The second-order valence-electron chi connectivity index (χ2n) is 5.48. The molecule has 6 N–H and O–H groups in total. The molecule has 0 bridgehead atoms. The van der Waals surface area contributed by atoms with Crippen LogP contribution in [0.1, 0.15) is 11.1 Å². The molecular weight excluding hydrogens is 328 g/mol. The van der Waals surface area contributed by atoms with Crippen molar-refractivity contribution in [3.8, 4) is 0 Å². The van der Waals surface area contributed by atoms with E-state index in [0.717, 1.165) is 17.3 Å². The molecule has 1 aliphatic rings. The third kappa shape index (κ3) is 5.19. The van der Waals surface area contributed by atoms with Gasteiger partial charge in [-0.15, -0.1) is 0 Å². The number of carbonyl (C=O) groups is 1. The van der Waals surface area contributed by atoms with E-state index in [9.17, 15) is 20.1 Å². The van der Waals surface area contributed by atoms with E-state index in [1.54, 1.807) is 6.08 Å². The van der Waals surface area contributed by atoms with Crippen molar-refractivity contribution in [1.82, 2.24) is 10.7 Å². The highest BCUT2D eigenvalue weighted by Gasteiger charge is 2.23. The van der Waals surface area contributed by atoms with Crippen molar-refractivity contribution < 1.29 is 25.2 Å². The molecule has 3 atom stereocenters. The van der Waals surface area contributed by atoms with Gasteiger partial charge in [-0.25, -0.2) is 10.4 Å². The van der Waals surface area contributed by atoms with Gasteiger partial charge in [-0.05, 0) is 18.6 Å². The van der Waals surface area contributed by atoms with E-state index in [0.29, 0.717) is 0 Å². The van der Waals surface area contributed by atoms with Gasteiger partial charge in [-0.3, -0.25) is 10.1 Å². The number of hydrazone groups is 1. The van der Waals surface area contributed by atoms with Crippen LogP contribution in [0.3, 0.4) is 0 Å². The molecule has 0 aromatic heterocycles. The summed E-state index contributed by atoms with van der Waals surface area (Å²) in [4.78, 5) is 15.9. The van der Waals surface area contributed by atoms with Crippen molar-refractivity contribution in [1.29, 1.82) is 0 Å². The predicted octanol–water partition coefficient (Wildman–Crippen LogP) is -1.53. The molecule has 0 fully saturated rings. The summed E-state index contributed by atoms with van der Waals surface area (Å²) in [7, 11) is 0. The van der Waals surface area contributed by atoms with Gasteiger partial charge in [0, 0.05) is 0 Å². The molecule has 3 unspecified atom stereocenters. The Morgan fingerprint density at radius 3 is 2.60 bits per heavy atom. The molecule has 1 heterocycles. The maximum Gasteiger partial charge on any atom is 0.276 e. The van der Waals surface area contributed by atoms with Gasteiger partial charge in [0.15, 0.2) is 0 Å². The van der Waals surface area contributed by atoms with E-state index in [2.05, 4.69) is 20.8 Å². The van der Waals surface area contributed by atoms with Gasteiger partial charge in [0.25, 0.3) is 5.91 Å². The summed E-state index contributed by atoms with van der Waals surface area (Å²) in [5.74, 6) is -0.349. The monoisotopic (exact) mass is 348 g/mol. The molecule has 1 aromatic rings. The highest BCUT2D eigenvalue weighted by Crippen LogP contribution is 2.12. The smallest absolute Gasteiger partial charge is 0.276 e. The average Bonchev–Trinajstić information content (AvgIpc) is 2.94. The molecule has 1 amide bonds. The van der Waals surface area contributed by atoms with Gasteiger partial charge in [-0.1, -0.05) is 29.8 Å². The van der Waals surface area contributed by atoms with E-state index in [1.807, 2.05) is 31.2 Å². The number of aliphatic hydroxyl groups is 4. The number of hydrogen-bond donors (Lipinski definition) is 6. The van der Waals surface area contributed by atoms with Crippen molar-refractivity contribution >= 4 is 24.2 Å². The number of aliphatic imine (C=N–C) groups is 1. The number of hydrogen-bond acceptors (Lipinski definition) is 8. The standard InChI is InChI=1S/C16H20N4O5/c1-9-2-4-10(5-3-9)6-11-15(25)19-16(18-11)20-17-7-12(22)14(24)13(23)8-21/h2-7,12-14,21-24H,8H2,1H3,(H2,18,19,20,25)/b11-6-,17-7+. The van der Waals surface area contributed by atoms with Crippen molar-refractivity contribution in [3.63, 3.8) is 0 Å². The van der Waals surface area contributed by atoms with Crippen LogP contribution in [0.25, 0.3) is 6.08 Å². The normalized spacial score (nSPS) is 19.6. The molecule has 9 nitrogen and oxygen atoms in total. The minimum absolute atomic E-state index is 0.0593. The topological polar surface area (TPSA) is 147 Å². The SMILES string of the molecule is Cc1ccc(/C=C2\N=C(N/N=C/C(O)C(O)C(O)CO)NC2=O)cc1. The summed E-state index contributed by atoms with van der Waals surface area (Å²) in [6.07, 6.45) is -2.06. The molecule has 0 spiro atoms. The van der Waals surface area contributed by atoms with Gasteiger partial charge in [0.1, 0.15) is 24.0 Å². The zero-order valence-corrected chi connectivity index (χ0v) is 13.5. The Balaban J connectivity index is 1.98. The van der Waals surface area contributed by atoms with Crippen molar-refractivity contribution in [3.05, 3.63) is 41.1 Å². The first-order chi connectivity index (χ1) is 11.9. The van der Waals surface area contributed by atoms with Crippen molar-refractivity contribution in [2.45, 2.75) is 25.2 Å². The van der Waals surface area contributed by atoms with Crippen LogP contribution in [0, 0.1) is 6.92 Å². The highest BCUT2D eigenvalue weighted by atomic mass is 16.4. The second kappa shape index (κ2) is 8.49. The fraction of sp³-hybridized carbons (Fsp3) is 0.312. The number of guanidine groups is 1. The largest absolute Gasteiger partial charge is 0.394 e. The van der Waals surface area contributed by atoms with E-state index < -0.39 is 30.8 Å². The minimum atomic E-state index is -1.59. The fourth-order valence-electron chi connectivity index (χ4n) is 1.94. The quantitative estimate of drug-likeness (QED) is 0.209. The van der Waals surface area contributed by atoms with Crippen LogP contribution < -0.4 is 10.7 Å². The molecular formula is C16H20N4O5. The third-order valence-corrected chi connectivity index (χ3v) is 3.41. The molecule has 0 saturated carbocycles. The molecule has 0 saturated heterocycles. The Bertz CT molecular complexity index is 699. The number of nitrogens with zero attached hydrogens (tertiary/aromatic N) is 2. The Morgan fingerprint density at radius 2 is 1.96 bits per heavy atom. The van der Waals surface area contributed by atoms with Gasteiger partial charge in [-0.2, -0.15) is 5.10 Å². The maximum absolute atomic E-state index is 11.9. The zero-order valence-electron chi connectivity index (χ0n) is 13.5. The van der Waals surface area contributed by atoms with Gasteiger partial charge in [0.05, 0.1) is 12.8 Å². The zero-order chi connectivity index (χ0) is 18.4. The predicted molar refractivity (Wildman–Crippen MR) is 91.5 cm³/mol. The number of rotatable bonds is 6. The Labute approximate surface area is 144 Å². The van der Waals surface area contributed by atoms with Crippen LogP contribution in [0.5, 0.6) is 0 Å². The van der Waals surface area contributed by atoms with Gasteiger partial charge in [0.2, 0.25) is 5.96 Å². The first-order valence-corrected chi connectivity index (χ1v) is 7.53. The van der Waals surface area contributed by atoms with E-state index in [1.165, 1.54) is 0 Å². The van der Waals surface area contributed by atoms with Crippen LogP contribution in [-0.2, 0) is 4.79 Å². The number of nitrogens with one attached hydrogen (secondary N) is 2. The Kier molecular flexibility index (Phi) is 6.37. The minimum Gasteiger partial charge on any atom is -0.394 e. The molecule has 25 heavy (non-hydrogen) atoms. The lowest BCUT2D eigenvalue weighted by atomic mass is 10.1. The van der Waals surface area contributed by atoms with Crippen molar-refractivity contribution in [2.24, 2.45) is 10.1 Å². The molecule has 0 aliphatic carbocycles. The molecule has 1 aromatic carbocycles. The second-order valence-corrected chi connectivity index (χ2v) is 5.48. The highest BCUT2D eigenvalue weighted by molar-refractivity contribution is 6.13. The summed E-state index contributed by atoms with van der Waals surface area (Å²) in [5, 5.41) is 43.0. The lowest BCUT2D eigenvalue weighted by Crippen LogP contribution is -2.41. The van der Waals surface area contributed by atoms with Crippen LogP contribution >= 0.6 is 0 Å². The third-order valence-electron chi connectivity index (χ3n) is 3.41. The lowest BCUT2D eigenvalue weighted by Gasteiger charge is -2.17. The molecule has 9 heteroatoms. The number of aliphatic hydroxyl groups excluding tert-OH is 4. The number of amides is 1. The summed E-state index contributed by atoms with van der Waals surface area (Å²) in [6, 6.07) is 7.55. The summed E-state index contributed by atoms with van der Waals surface area (Å²) >= 11 is 0. The summed E-state index contributed by atoms with van der Waals surface area (Å²) in [6.45, 7) is 1.26. The van der Waals surface area contributed by atoms with Crippen LogP contribution in [0.4, 0.5) is 0 Å². The maximum atomic E-state index is 11.9. The first kappa shape index (κ1) is 18.7. The van der Waals surface area contributed by atoms with Gasteiger partial charge >= 0.3 is 0 Å². The van der Waals surface area contributed by atoms with E-state index in [-0.39, 0.29) is 11.7 Å². The fourth-order valence-corrected chi connectivity index (χ4v) is 1.94. The van der Waals surface area contributed by atoms with Crippen LogP contribution in [-0.4, -0.2) is 63.4 Å².